The summed E-state index contributed by atoms with van der Waals surface area (Å²) in [4.78, 5) is 22.9. The Morgan fingerprint density at radius 1 is 1.06 bits per heavy atom. The monoisotopic (exact) mass is 270 g/mol. The number of hydrogen-bond donors (Lipinski definition) is 2. The summed E-state index contributed by atoms with van der Waals surface area (Å²) in [6.45, 7) is 0. The number of amides is 3. The zero-order valence-corrected chi connectivity index (χ0v) is 11.1. The Bertz CT molecular complexity index is 348. The Morgan fingerprint density at radius 2 is 1.56 bits per heavy atom. The van der Waals surface area contributed by atoms with Crippen LogP contribution < -0.4 is 10.6 Å². The standard InChI is InChI=1S/C13H19ClN2O2/c14-7-11(17)15-12(18)16-13-4-8-1-9(5-13)3-10(2-8)6-13/h8-10H,1-7H2,(H2,15,16,17,18). The molecular weight excluding hydrogens is 252 g/mol. The van der Waals surface area contributed by atoms with Crippen LogP contribution in [0.15, 0.2) is 0 Å². The average Bonchev–Trinajstić information content (AvgIpc) is 2.25. The summed E-state index contributed by atoms with van der Waals surface area (Å²) in [7, 11) is 0. The largest absolute Gasteiger partial charge is 0.332 e. The molecule has 4 bridgehead atoms. The number of nitrogens with one attached hydrogen (secondary N) is 2. The van der Waals surface area contributed by atoms with E-state index in [1.807, 2.05) is 0 Å². The summed E-state index contributed by atoms with van der Waals surface area (Å²) >= 11 is 5.38. The number of urea groups is 1. The second-order valence-corrected chi connectivity index (χ2v) is 6.60. The molecule has 0 spiro atoms. The third kappa shape index (κ3) is 2.22. The van der Waals surface area contributed by atoms with Gasteiger partial charge in [0.25, 0.3) is 0 Å². The molecule has 0 aromatic heterocycles. The minimum absolute atomic E-state index is 0.0502. The maximum atomic E-state index is 11.8. The summed E-state index contributed by atoms with van der Waals surface area (Å²) in [6.07, 6.45) is 7.26. The average molecular weight is 271 g/mol. The zero-order valence-electron chi connectivity index (χ0n) is 10.4. The Morgan fingerprint density at radius 3 is 2.00 bits per heavy atom. The fraction of sp³-hybridized carbons (Fsp3) is 0.846. The molecule has 18 heavy (non-hydrogen) atoms. The molecular formula is C13H19ClN2O2. The van der Waals surface area contributed by atoms with Crippen LogP contribution in [0.25, 0.3) is 0 Å². The molecule has 0 atom stereocenters. The van der Waals surface area contributed by atoms with E-state index in [0.29, 0.717) is 0 Å². The van der Waals surface area contributed by atoms with E-state index in [-0.39, 0.29) is 17.5 Å². The molecule has 3 amide bonds. The van der Waals surface area contributed by atoms with E-state index in [1.165, 1.54) is 19.3 Å². The molecule has 0 heterocycles. The molecule has 4 aliphatic carbocycles. The van der Waals surface area contributed by atoms with Gasteiger partial charge in [-0.25, -0.2) is 4.79 Å². The number of hydrogen-bond acceptors (Lipinski definition) is 2. The van der Waals surface area contributed by atoms with Crippen LogP contribution in [0.3, 0.4) is 0 Å². The highest BCUT2D eigenvalue weighted by atomic mass is 35.5. The Hall–Kier alpha value is -0.770. The molecule has 0 unspecified atom stereocenters. The second-order valence-electron chi connectivity index (χ2n) is 6.33. The second kappa shape index (κ2) is 4.41. The quantitative estimate of drug-likeness (QED) is 0.754. The molecule has 0 aliphatic heterocycles. The van der Waals surface area contributed by atoms with Gasteiger partial charge >= 0.3 is 6.03 Å². The van der Waals surface area contributed by atoms with Crippen molar-refractivity contribution in [2.45, 2.75) is 44.1 Å². The van der Waals surface area contributed by atoms with Crippen molar-refractivity contribution >= 4 is 23.5 Å². The molecule has 4 rings (SSSR count). The van der Waals surface area contributed by atoms with E-state index in [2.05, 4.69) is 10.6 Å². The van der Waals surface area contributed by atoms with Crippen LogP contribution in [0, 0.1) is 17.8 Å². The molecule has 2 N–H and O–H groups in total. The van der Waals surface area contributed by atoms with Gasteiger partial charge in [0.2, 0.25) is 5.91 Å². The first-order chi connectivity index (χ1) is 8.58. The SMILES string of the molecule is O=C(CCl)NC(=O)NC12CC3CC(CC(C3)C1)C2. The van der Waals surface area contributed by atoms with E-state index in [0.717, 1.165) is 37.0 Å². The van der Waals surface area contributed by atoms with Gasteiger partial charge < -0.3 is 5.32 Å². The van der Waals surface area contributed by atoms with Gasteiger partial charge in [-0.05, 0) is 56.3 Å². The van der Waals surface area contributed by atoms with Gasteiger partial charge in [-0.3, -0.25) is 10.1 Å². The van der Waals surface area contributed by atoms with E-state index in [4.69, 9.17) is 11.6 Å². The van der Waals surface area contributed by atoms with E-state index in [1.54, 1.807) is 0 Å². The smallest absolute Gasteiger partial charge is 0.321 e. The topological polar surface area (TPSA) is 58.2 Å². The van der Waals surface area contributed by atoms with Crippen LogP contribution in [0.2, 0.25) is 0 Å². The van der Waals surface area contributed by atoms with Gasteiger partial charge in [0.1, 0.15) is 5.88 Å². The minimum Gasteiger partial charge on any atom is -0.332 e. The lowest BCUT2D eigenvalue weighted by molar-refractivity contribution is -0.117. The van der Waals surface area contributed by atoms with Gasteiger partial charge in [-0.2, -0.15) is 0 Å². The van der Waals surface area contributed by atoms with Crippen molar-refractivity contribution in [3.63, 3.8) is 0 Å². The summed E-state index contributed by atoms with van der Waals surface area (Å²) in [5.41, 5.74) is -0.0502. The normalized spacial score (nSPS) is 40.6. The van der Waals surface area contributed by atoms with E-state index >= 15 is 0 Å². The summed E-state index contributed by atoms with van der Waals surface area (Å²) in [6, 6.07) is -0.373. The zero-order chi connectivity index (χ0) is 12.8. The lowest BCUT2D eigenvalue weighted by atomic mass is 9.53. The van der Waals surface area contributed by atoms with Crippen molar-refractivity contribution in [2.24, 2.45) is 17.8 Å². The molecule has 0 radical (unpaired) electrons. The molecule has 0 aromatic rings. The number of carbonyl (C=O) groups is 2. The maximum absolute atomic E-state index is 11.8. The number of rotatable bonds is 2. The summed E-state index contributed by atoms with van der Waals surface area (Å²) in [5, 5.41) is 5.34. The summed E-state index contributed by atoms with van der Waals surface area (Å²) < 4.78 is 0. The third-order valence-electron chi connectivity index (χ3n) is 4.79. The van der Waals surface area contributed by atoms with Gasteiger partial charge in [-0.1, -0.05) is 0 Å². The van der Waals surface area contributed by atoms with Crippen molar-refractivity contribution in [2.75, 3.05) is 5.88 Å². The van der Waals surface area contributed by atoms with Gasteiger partial charge in [0.05, 0.1) is 0 Å². The molecule has 4 saturated carbocycles. The van der Waals surface area contributed by atoms with Crippen molar-refractivity contribution in [3.8, 4) is 0 Å². The first-order valence-corrected chi connectivity index (χ1v) is 7.30. The maximum Gasteiger partial charge on any atom is 0.321 e. The fourth-order valence-corrected chi connectivity index (χ4v) is 4.76. The predicted molar refractivity (Wildman–Crippen MR) is 68.3 cm³/mol. The van der Waals surface area contributed by atoms with Crippen molar-refractivity contribution in [3.05, 3.63) is 0 Å². The number of halogens is 1. The van der Waals surface area contributed by atoms with Crippen LogP contribution in [0.5, 0.6) is 0 Å². The van der Waals surface area contributed by atoms with E-state index in [9.17, 15) is 9.59 Å². The van der Waals surface area contributed by atoms with Crippen molar-refractivity contribution < 1.29 is 9.59 Å². The van der Waals surface area contributed by atoms with Crippen LogP contribution >= 0.6 is 11.6 Å². The molecule has 4 aliphatic rings. The highest BCUT2D eigenvalue weighted by Gasteiger charge is 2.51. The van der Waals surface area contributed by atoms with Crippen LogP contribution in [0.4, 0.5) is 4.79 Å². The Kier molecular flexibility index (Phi) is 3.00. The van der Waals surface area contributed by atoms with Crippen LogP contribution in [-0.4, -0.2) is 23.4 Å². The Labute approximate surface area is 112 Å². The van der Waals surface area contributed by atoms with Crippen LogP contribution in [0.1, 0.15) is 38.5 Å². The summed E-state index contributed by atoms with van der Waals surface area (Å²) in [5.74, 6) is 1.73. The minimum atomic E-state index is -0.432. The van der Waals surface area contributed by atoms with Crippen LogP contribution in [-0.2, 0) is 4.79 Å². The number of imide groups is 1. The molecule has 100 valence electrons. The predicted octanol–water partition coefficient (Wildman–Crippen LogP) is 2.02. The van der Waals surface area contributed by atoms with Crippen molar-refractivity contribution in [1.82, 2.24) is 10.6 Å². The molecule has 0 aromatic carbocycles. The third-order valence-corrected chi connectivity index (χ3v) is 5.03. The molecule has 4 nitrogen and oxygen atoms in total. The van der Waals surface area contributed by atoms with E-state index < -0.39 is 5.91 Å². The molecule has 5 heteroatoms. The number of carbonyl (C=O) groups excluding carboxylic acids is 2. The Balaban J connectivity index is 1.65. The highest BCUT2D eigenvalue weighted by Crippen LogP contribution is 2.55. The first kappa shape index (κ1) is 12.3. The first-order valence-electron chi connectivity index (χ1n) is 6.76. The lowest BCUT2D eigenvalue weighted by Gasteiger charge is -2.56. The molecule has 0 saturated heterocycles. The number of alkyl halides is 1. The molecule has 4 fully saturated rings. The van der Waals surface area contributed by atoms with Gasteiger partial charge in [0.15, 0.2) is 0 Å². The van der Waals surface area contributed by atoms with Gasteiger partial charge in [-0.15, -0.1) is 11.6 Å². The fourth-order valence-electron chi connectivity index (χ4n) is 4.70. The van der Waals surface area contributed by atoms with Crippen molar-refractivity contribution in [1.29, 1.82) is 0 Å². The highest BCUT2D eigenvalue weighted by molar-refractivity contribution is 6.28. The lowest BCUT2D eigenvalue weighted by Crippen LogP contribution is -2.61. The van der Waals surface area contributed by atoms with Gasteiger partial charge in [0, 0.05) is 5.54 Å².